The molecule has 2 heterocycles. The summed E-state index contributed by atoms with van der Waals surface area (Å²) in [5.74, 6) is 0.198. The highest BCUT2D eigenvalue weighted by molar-refractivity contribution is 6.23. The molecule has 0 saturated carbocycles. The summed E-state index contributed by atoms with van der Waals surface area (Å²) in [7, 11) is 0. The van der Waals surface area contributed by atoms with Crippen LogP contribution in [-0.2, 0) is 12.8 Å². The second-order valence-electron chi connectivity index (χ2n) is 16.9. The van der Waals surface area contributed by atoms with Crippen molar-refractivity contribution >= 4 is 71.4 Å². The van der Waals surface area contributed by atoms with Crippen LogP contribution in [0.15, 0.2) is 188 Å². The van der Waals surface area contributed by atoms with E-state index in [0.717, 1.165) is 45.2 Å². The monoisotopic (exact) mass is 770 g/mol. The van der Waals surface area contributed by atoms with Crippen LogP contribution in [0.25, 0.3) is 59.8 Å². The number of fused-ring (bicyclic) bond motifs is 6. The molecule has 0 spiro atoms. The van der Waals surface area contributed by atoms with Crippen molar-refractivity contribution in [2.24, 2.45) is 0 Å². The Morgan fingerprint density at radius 1 is 0.433 bits per heavy atom. The van der Waals surface area contributed by atoms with Gasteiger partial charge in [-0.1, -0.05) is 152 Å². The Morgan fingerprint density at radius 2 is 0.983 bits per heavy atom. The summed E-state index contributed by atoms with van der Waals surface area (Å²) in [5, 5.41) is 10.4. The molecule has 0 N–H and O–H groups in total. The van der Waals surface area contributed by atoms with Gasteiger partial charge in [-0.15, -0.1) is 0 Å². The van der Waals surface area contributed by atoms with Crippen LogP contribution in [0, 0.1) is 0 Å². The number of hydrogen-bond donors (Lipinski definition) is 0. The summed E-state index contributed by atoms with van der Waals surface area (Å²) in [6.07, 6.45) is 12.6. The zero-order valence-corrected chi connectivity index (χ0v) is 33.8. The zero-order valence-electron chi connectivity index (χ0n) is 33.8. The van der Waals surface area contributed by atoms with Crippen LogP contribution in [-0.4, -0.2) is 13.1 Å². The van der Waals surface area contributed by atoms with Crippen molar-refractivity contribution in [3.63, 3.8) is 0 Å². The number of anilines is 4. The zero-order chi connectivity index (χ0) is 39.6. The smallest absolute Gasteiger partial charge is 0.0443 e. The van der Waals surface area contributed by atoms with Gasteiger partial charge in [0.25, 0.3) is 0 Å². The summed E-state index contributed by atoms with van der Waals surface area (Å²) in [6, 6.07) is 64.4. The molecule has 0 saturated heterocycles. The molecule has 1 atom stereocenters. The fourth-order valence-corrected chi connectivity index (χ4v) is 10.9. The first-order chi connectivity index (χ1) is 29.8. The van der Waals surface area contributed by atoms with Crippen molar-refractivity contribution in [2.45, 2.75) is 38.0 Å². The van der Waals surface area contributed by atoms with Crippen LogP contribution in [0.5, 0.6) is 0 Å². The highest BCUT2D eigenvalue weighted by Crippen LogP contribution is 2.51. The molecule has 12 rings (SSSR count). The van der Waals surface area contributed by atoms with E-state index in [4.69, 9.17) is 0 Å². The minimum absolute atomic E-state index is 0.198. The lowest BCUT2D eigenvalue weighted by Gasteiger charge is -2.33. The van der Waals surface area contributed by atoms with E-state index >= 15 is 0 Å². The van der Waals surface area contributed by atoms with E-state index in [2.05, 4.69) is 198 Å². The van der Waals surface area contributed by atoms with Gasteiger partial charge in [0.1, 0.15) is 0 Å². The first-order valence-electron chi connectivity index (χ1n) is 21.9. The normalized spacial score (nSPS) is 16.3. The van der Waals surface area contributed by atoms with Gasteiger partial charge in [-0.25, -0.2) is 0 Å². The van der Waals surface area contributed by atoms with Gasteiger partial charge in [0, 0.05) is 41.8 Å². The Bertz CT molecular complexity index is 3210. The molecule has 0 amide bonds. The molecule has 9 aromatic rings. The lowest BCUT2D eigenvalue weighted by molar-refractivity contribution is 0.767. The van der Waals surface area contributed by atoms with Crippen molar-refractivity contribution in [3.05, 3.63) is 210 Å². The third-order valence-electron chi connectivity index (χ3n) is 13.6. The van der Waals surface area contributed by atoms with Crippen LogP contribution in [0.2, 0.25) is 0 Å². The maximum atomic E-state index is 2.57. The van der Waals surface area contributed by atoms with Crippen LogP contribution >= 0.6 is 0 Å². The number of allylic oxidation sites excluding steroid dienone is 4. The minimum atomic E-state index is 0.198. The minimum Gasteiger partial charge on any atom is -0.341 e. The molecular weight excluding hydrogens is 725 g/mol. The molecular formula is C58H46N2. The fraction of sp³-hybridized carbons (Fsp3) is 0.138. The molecule has 0 radical (unpaired) electrons. The number of benzene rings is 9. The van der Waals surface area contributed by atoms with E-state index in [1.165, 1.54) is 105 Å². The highest BCUT2D eigenvalue weighted by atomic mass is 15.1. The summed E-state index contributed by atoms with van der Waals surface area (Å²) in [4.78, 5) is 5.13. The maximum Gasteiger partial charge on any atom is 0.0443 e. The third-order valence-corrected chi connectivity index (χ3v) is 13.6. The highest BCUT2D eigenvalue weighted by Gasteiger charge is 2.28. The molecule has 1 unspecified atom stereocenters. The predicted octanol–water partition coefficient (Wildman–Crippen LogP) is 15.3. The van der Waals surface area contributed by atoms with Crippen molar-refractivity contribution in [1.29, 1.82) is 0 Å². The fourth-order valence-electron chi connectivity index (χ4n) is 10.9. The Balaban J connectivity index is 1.19. The number of para-hydroxylation sites is 2. The van der Waals surface area contributed by atoms with Crippen LogP contribution in [0.1, 0.15) is 47.4 Å². The lowest BCUT2D eigenvalue weighted by atomic mass is 9.76. The number of nitrogens with zero attached hydrogens (tertiary/aromatic N) is 2. The summed E-state index contributed by atoms with van der Waals surface area (Å²) < 4.78 is 0. The maximum absolute atomic E-state index is 2.57. The Morgan fingerprint density at radius 3 is 1.68 bits per heavy atom. The third kappa shape index (κ3) is 5.69. The Hall–Kier alpha value is -6.90. The predicted molar refractivity (Wildman–Crippen MR) is 256 cm³/mol. The number of hydrogen-bond acceptors (Lipinski definition) is 2. The largest absolute Gasteiger partial charge is 0.341 e. The first kappa shape index (κ1) is 35.1. The van der Waals surface area contributed by atoms with Gasteiger partial charge >= 0.3 is 0 Å². The van der Waals surface area contributed by atoms with Crippen LogP contribution < -0.4 is 9.80 Å². The molecule has 2 aliphatic heterocycles. The number of aryl methyl sites for hydroxylation is 2. The average Bonchev–Trinajstić information content (AvgIpc) is 3.32. The molecule has 2 heteroatoms. The first-order valence-corrected chi connectivity index (χ1v) is 21.9. The Labute approximate surface area is 352 Å². The van der Waals surface area contributed by atoms with Gasteiger partial charge in [-0.3, -0.25) is 0 Å². The summed E-state index contributed by atoms with van der Waals surface area (Å²) >= 11 is 0. The van der Waals surface area contributed by atoms with Gasteiger partial charge in [0.2, 0.25) is 0 Å². The standard InChI is InChI=1S/C58H46N2/c1-5-23-45-39(15-1)19-11-27-47(45)48-25-7-8-26-50(48)58-52-34-32-43(59-35-13-21-41-17-3-9-29-55(41)59)37-53(52)57(49-28-12-20-40-16-2-6-24-46(40)49)51-33-31-44(38-54(51)58)60-36-14-22-42-18-4-10-30-56(42)60/h1-12,15-20,23-24,26-34,37-38,48H,13-14,21-22,25,35-36H2. The van der Waals surface area contributed by atoms with Gasteiger partial charge < -0.3 is 9.80 Å². The van der Waals surface area contributed by atoms with Crippen molar-refractivity contribution < 1.29 is 0 Å². The van der Waals surface area contributed by atoms with Crippen LogP contribution in [0.3, 0.4) is 0 Å². The summed E-state index contributed by atoms with van der Waals surface area (Å²) in [5.41, 5.74) is 14.8. The molecule has 60 heavy (non-hydrogen) atoms. The van der Waals surface area contributed by atoms with Gasteiger partial charge in [0.15, 0.2) is 0 Å². The van der Waals surface area contributed by atoms with E-state index < -0.39 is 0 Å². The summed E-state index contributed by atoms with van der Waals surface area (Å²) in [6.45, 7) is 2.01. The second kappa shape index (κ2) is 14.4. The molecule has 2 nitrogen and oxygen atoms in total. The van der Waals surface area contributed by atoms with E-state index in [9.17, 15) is 0 Å². The quantitative estimate of drug-likeness (QED) is 0.161. The SMILES string of the molecule is C1=CCC(c2cccc3ccccc23)C(c2c3cc(N4CCCc5ccccc54)ccc3c(-c3cccc4ccccc34)c3cc(N4CCCc5ccccc54)ccc23)=C1. The van der Waals surface area contributed by atoms with E-state index in [1.807, 2.05) is 0 Å². The molecule has 9 aromatic carbocycles. The molecule has 0 aromatic heterocycles. The van der Waals surface area contributed by atoms with E-state index in [0.29, 0.717) is 0 Å². The number of rotatable bonds is 5. The average molecular weight is 771 g/mol. The lowest BCUT2D eigenvalue weighted by Crippen LogP contribution is -2.24. The van der Waals surface area contributed by atoms with E-state index in [-0.39, 0.29) is 5.92 Å². The Kier molecular flexibility index (Phi) is 8.44. The van der Waals surface area contributed by atoms with Crippen molar-refractivity contribution in [1.82, 2.24) is 0 Å². The molecule has 0 bridgehead atoms. The molecule has 288 valence electrons. The van der Waals surface area contributed by atoms with Crippen LogP contribution in [0.4, 0.5) is 22.7 Å². The van der Waals surface area contributed by atoms with Gasteiger partial charge in [-0.2, -0.15) is 0 Å². The van der Waals surface area contributed by atoms with E-state index in [1.54, 1.807) is 0 Å². The van der Waals surface area contributed by atoms with Crippen molar-refractivity contribution in [3.8, 4) is 11.1 Å². The molecule has 3 aliphatic rings. The molecule has 0 fully saturated rings. The second-order valence-corrected chi connectivity index (χ2v) is 16.9. The van der Waals surface area contributed by atoms with Crippen molar-refractivity contribution in [2.75, 3.05) is 22.9 Å². The molecule has 1 aliphatic carbocycles. The van der Waals surface area contributed by atoms with Gasteiger partial charge in [0.05, 0.1) is 0 Å². The topological polar surface area (TPSA) is 6.48 Å². The van der Waals surface area contributed by atoms with Gasteiger partial charge in [-0.05, 0) is 151 Å².